The van der Waals surface area contributed by atoms with Gasteiger partial charge in [0.05, 0.1) is 11.3 Å². The molecule has 31 heavy (non-hydrogen) atoms. The zero-order chi connectivity index (χ0) is 22.7. The first-order valence-electron chi connectivity index (χ1n) is 10.1. The third-order valence-corrected chi connectivity index (χ3v) is 4.99. The zero-order valence-corrected chi connectivity index (χ0v) is 18.3. The number of benzene rings is 3. The van der Waals surface area contributed by atoms with Gasteiger partial charge >= 0.3 is 5.97 Å². The van der Waals surface area contributed by atoms with Gasteiger partial charge in [0, 0.05) is 12.6 Å². The largest absolute Gasteiger partial charge is 0.449 e. The predicted octanol–water partition coefficient (Wildman–Crippen LogP) is 4.91. The third-order valence-electron chi connectivity index (χ3n) is 4.99. The van der Waals surface area contributed by atoms with E-state index in [0.717, 1.165) is 27.5 Å². The summed E-state index contributed by atoms with van der Waals surface area (Å²) in [4.78, 5) is 37.2. The van der Waals surface area contributed by atoms with Crippen LogP contribution >= 0.6 is 0 Å². The van der Waals surface area contributed by atoms with Gasteiger partial charge in [-0.3, -0.25) is 9.59 Å². The van der Waals surface area contributed by atoms with Gasteiger partial charge in [0.15, 0.2) is 6.10 Å². The van der Waals surface area contributed by atoms with Gasteiger partial charge in [0.1, 0.15) is 0 Å². The van der Waals surface area contributed by atoms with Crippen molar-refractivity contribution in [2.45, 2.75) is 40.7 Å². The molecule has 2 N–H and O–H groups in total. The molecule has 0 aliphatic rings. The molecule has 1 unspecified atom stereocenters. The van der Waals surface area contributed by atoms with E-state index in [1.165, 1.54) is 13.8 Å². The van der Waals surface area contributed by atoms with Gasteiger partial charge in [0.25, 0.3) is 5.91 Å². The Kier molecular flexibility index (Phi) is 6.39. The van der Waals surface area contributed by atoms with Gasteiger partial charge in [-0.15, -0.1) is 0 Å². The number of carbonyl (C=O) groups excluding carboxylic acids is 3. The van der Waals surface area contributed by atoms with E-state index >= 15 is 0 Å². The molecule has 6 heteroatoms. The highest BCUT2D eigenvalue weighted by molar-refractivity contribution is 6.06. The number of ether oxygens (including phenoxy) is 1. The fourth-order valence-electron chi connectivity index (χ4n) is 3.58. The number of nitrogens with one attached hydrogen (secondary N) is 2. The molecule has 0 aromatic heterocycles. The molecule has 0 spiro atoms. The van der Waals surface area contributed by atoms with Crippen LogP contribution in [0.25, 0.3) is 10.8 Å². The average Bonchev–Trinajstić information content (AvgIpc) is 2.69. The highest BCUT2D eigenvalue weighted by Crippen LogP contribution is 2.26. The number of aryl methyl sites for hydroxylation is 3. The molecular formula is C25H26N2O4. The van der Waals surface area contributed by atoms with Crippen molar-refractivity contribution in [3.63, 3.8) is 0 Å². The van der Waals surface area contributed by atoms with Gasteiger partial charge in [-0.05, 0) is 61.7 Å². The molecule has 3 aromatic rings. The summed E-state index contributed by atoms with van der Waals surface area (Å²) in [5.41, 5.74) is 4.22. The molecule has 0 aliphatic heterocycles. The molecule has 2 amide bonds. The van der Waals surface area contributed by atoms with Crippen LogP contribution in [0.4, 0.5) is 11.4 Å². The summed E-state index contributed by atoms with van der Waals surface area (Å²) in [6, 6.07) is 14.8. The van der Waals surface area contributed by atoms with Gasteiger partial charge in [-0.2, -0.15) is 0 Å². The number of amides is 2. The molecule has 0 aliphatic carbocycles. The molecule has 0 heterocycles. The zero-order valence-electron chi connectivity index (χ0n) is 18.3. The minimum Gasteiger partial charge on any atom is -0.449 e. The molecule has 0 bridgehead atoms. The summed E-state index contributed by atoms with van der Waals surface area (Å²) >= 11 is 0. The van der Waals surface area contributed by atoms with Crippen molar-refractivity contribution in [2.75, 3.05) is 10.6 Å². The number of anilines is 2. The van der Waals surface area contributed by atoms with Crippen LogP contribution in [0, 0.1) is 20.8 Å². The van der Waals surface area contributed by atoms with Crippen LogP contribution in [-0.2, 0) is 14.3 Å². The summed E-state index contributed by atoms with van der Waals surface area (Å²) in [6.45, 7) is 8.71. The highest BCUT2D eigenvalue weighted by Gasteiger charge is 2.23. The molecule has 160 valence electrons. The second kappa shape index (κ2) is 9.00. The molecule has 1 atom stereocenters. The lowest BCUT2D eigenvalue weighted by molar-refractivity contribution is -0.123. The van der Waals surface area contributed by atoms with Crippen molar-refractivity contribution in [1.82, 2.24) is 0 Å². The fraction of sp³-hybridized carbons (Fsp3) is 0.240. The molecule has 0 saturated heterocycles. The van der Waals surface area contributed by atoms with Gasteiger partial charge < -0.3 is 15.4 Å². The number of carbonyl (C=O) groups is 3. The van der Waals surface area contributed by atoms with E-state index in [1.54, 1.807) is 12.1 Å². The van der Waals surface area contributed by atoms with Crippen LogP contribution in [0.15, 0.2) is 48.5 Å². The summed E-state index contributed by atoms with van der Waals surface area (Å²) in [7, 11) is 0. The average molecular weight is 418 g/mol. The second-order valence-electron chi connectivity index (χ2n) is 7.74. The van der Waals surface area contributed by atoms with Gasteiger partial charge in [-0.25, -0.2) is 4.79 Å². The first kappa shape index (κ1) is 22.0. The van der Waals surface area contributed by atoms with Crippen molar-refractivity contribution in [1.29, 1.82) is 0 Å². The maximum atomic E-state index is 12.9. The highest BCUT2D eigenvalue weighted by atomic mass is 16.5. The summed E-state index contributed by atoms with van der Waals surface area (Å²) < 4.78 is 5.44. The van der Waals surface area contributed by atoms with E-state index < -0.39 is 18.0 Å². The Morgan fingerprint density at radius 3 is 2.03 bits per heavy atom. The van der Waals surface area contributed by atoms with E-state index in [1.807, 2.05) is 57.2 Å². The number of hydrogen-bond donors (Lipinski definition) is 2. The quantitative estimate of drug-likeness (QED) is 0.577. The topological polar surface area (TPSA) is 84.5 Å². The standard InChI is InChI=1S/C25H26N2O4/c1-14-10-15(2)23(16(3)11-14)27-24(29)17(4)31-25(30)21-12-19-8-6-7-9-20(19)13-22(21)26-18(5)28/h6-13,17H,1-5H3,(H,26,28)(H,27,29). The Morgan fingerprint density at radius 1 is 0.871 bits per heavy atom. The lowest BCUT2D eigenvalue weighted by Crippen LogP contribution is -2.30. The van der Waals surface area contributed by atoms with Crippen LogP contribution < -0.4 is 10.6 Å². The number of esters is 1. The van der Waals surface area contributed by atoms with Crippen molar-refractivity contribution in [3.05, 3.63) is 70.8 Å². The van der Waals surface area contributed by atoms with Crippen LogP contribution in [0.5, 0.6) is 0 Å². The number of hydrogen-bond acceptors (Lipinski definition) is 4. The minimum absolute atomic E-state index is 0.191. The second-order valence-corrected chi connectivity index (χ2v) is 7.74. The molecule has 0 fully saturated rings. The van der Waals surface area contributed by atoms with Crippen LogP contribution in [0.1, 0.15) is 40.9 Å². The van der Waals surface area contributed by atoms with E-state index in [9.17, 15) is 14.4 Å². The summed E-state index contributed by atoms with van der Waals surface area (Å²) in [5, 5.41) is 7.22. The van der Waals surface area contributed by atoms with E-state index in [2.05, 4.69) is 10.6 Å². The summed E-state index contributed by atoms with van der Waals surface area (Å²) in [5.74, 6) is -1.42. The van der Waals surface area contributed by atoms with E-state index in [4.69, 9.17) is 4.74 Å². The van der Waals surface area contributed by atoms with E-state index in [0.29, 0.717) is 11.4 Å². The Morgan fingerprint density at radius 2 is 1.45 bits per heavy atom. The molecule has 0 saturated carbocycles. The lowest BCUT2D eigenvalue weighted by Gasteiger charge is -2.18. The molecule has 0 radical (unpaired) electrons. The number of rotatable bonds is 5. The third kappa shape index (κ3) is 5.09. The Bertz CT molecular complexity index is 1160. The monoisotopic (exact) mass is 418 g/mol. The minimum atomic E-state index is -1.02. The first-order chi connectivity index (χ1) is 14.7. The predicted molar refractivity (Wildman–Crippen MR) is 122 cm³/mol. The Hall–Kier alpha value is -3.67. The van der Waals surface area contributed by atoms with Crippen molar-refractivity contribution in [2.24, 2.45) is 0 Å². The lowest BCUT2D eigenvalue weighted by atomic mass is 10.0. The maximum absolute atomic E-state index is 12.9. The van der Waals surface area contributed by atoms with Crippen LogP contribution in [0.2, 0.25) is 0 Å². The van der Waals surface area contributed by atoms with Crippen molar-refractivity contribution in [3.8, 4) is 0 Å². The molecule has 3 aromatic carbocycles. The maximum Gasteiger partial charge on any atom is 0.341 e. The molecule has 3 rings (SSSR count). The van der Waals surface area contributed by atoms with Crippen LogP contribution in [-0.4, -0.2) is 23.9 Å². The van der Waals surface area contributed by atoms with Crippen LogP contribution in [0.3, 0.4) is 0 Å². The molecular weight excluding hydrogens is 392 g/mol. The van der Waals surface area contributed by atoms with Crippen molar-refractivity contribution >= 4 is 39.9 Å². The van der Waals surface area contributed by atoms with E-state index in [-0.39, 0.29) is 11.5 Å². The smallest absolute Gasteiger partial charge is 0.341 e. The Balaban J connectivity index is 1.82. The van der Waals surface area contributed by atoms with Gasteiger partial charge in [-0.1, -0.05) is 42.0 Å². The number of fused-ring (bicyclic) bond motifs is 1. The van der Waals surface area contributed by atoms with Gasteiger partial charge in [0.2, 0.25) is 5.91 Å². The SMILES string of the molecule is CC(=O)Nc1cc2ccccc2cc1C(=O)OC(C)C(=O)Nc1c(C)cc(C)cc1C. The molecule has 6 nitrogen and oxygen atoms in total. The first-order valence-corrected chi connectivity index (χ1v) is 10.1. The normalized spacial score (nSPS) is 11.6. The van der Waals surface area contributed by atoms with Crippen molar-refractivity contribution < 1.29 is 19.1 Å². The Labute approximate surface area is 181 Å². The fourth-order valence-corrected chi connectivity index (χ4v) is 3.58. The summed E-state index contributed by atoms with van der Waals surface area (Å²) in [6.07, 6.45) is -1.02.